The molecular formula is C15H17ClN2O2S. The van der Waals surface area contributed by atoms with Gasteiger partial charge in [0.2, 0.25) is 5.91 Å². The molecule has 2 rings (SSSR count). The van der Waals surface area contributed by atoms with Gasteiger partial charge in [0.25, 0.3) is 5.91 Å². The highest BCUT2D eigenvalue weighted by atomic mass is 35.5. The zero-order valence-electron chi connectivity index (χ0n) is 11.9. The van der Waals surface area contributed by atoms with Crippen molar-refractivity contribution in [2.45, 2.75) is 26.3 Å². The van der Waals surface area contributed by atoms with Crippen LogP contribution in [0.5, 0.6) is 0 Å². The summed E-state index contributed by atoms with van der Waals surface area (Å²) < 4.78 is 0.937. The quantitative estimate of drug-likeness (QED) is 0.886. The number of nitrogens with two attached hydrogens (primary N) is 1. The second-order valence-electron chi connectivity index (χ2n) is 5.30. The minimum Gasteiger partial charge on any atom is -0.368 e. The molecule has 0 bridgehead atoms. The van der Waals surface area contributed by atoms with Gasteiger partial charge in [0, 0.05) is 10.1 Å². The summed E-state index contributed by atoms with van der Waals surface area (Å²) in [5.74, 6) is -0.638. The minimum absolute atomic E-state index is 0.251. The van der Waals surface area contributed by atoms with Crippen LogP contribution in [0.2, 0.25) is 5.02 Å². The maximum Gasteiger partial charge on any atom is 0.263 e. The van der Waals surface area contributed by atoms with Gasteiger partial charge in [-0.05, 0) is 18.4 Å². The zero-order valence-corrected chi connectivity index (χ0v) is 13.4. The summed E-state index contributed by atoms with van der Waals surface area (Å²) in [7, 11) is 0. The van der Waals surface area contributed by atoms with Crippen molar-refractivity contribution < 1.29 is 9.59 Å². The van der Waals surface area contributed by atoms with Crippen LogP contribution in [0.15, 0.2) is 24.3 Å². The molecule has 21 heavy (non-hydrogen) atoms. The van der Waals surface area contributed by atoms with Crippen molar-refractivity contribution in [3.05, 3.63) is 34.2 Å². The van der Waals surface area contributed by atoms with Crippen molar-refractivity contribution in [1.29, 1.82) is 0 Å². The SMILES string of the molecule is CC(C)CC(NC(=O)c1sc2ccccc2c1Cl)C(N)=O. The van der Waals surface area contributed by atoms with E-state index in [4.69, 9.17) is 17.3 Å². The summed E-state index contributed by atoms with van der Waals surface area (Å²) in [6.45, 7) is 3.93. The number of hydrogen-bond acceptors (Lipinski definition) is 3. The number of carbonyl (C=O) groups is 2. The van der Waals surface area contributed by atoms with Gasteiger partial charge in [-0.15, -0.1) is 11.3 Å². The van der Waals surface area contributed by atoms with Gasteiger partial charge in [-0.3, -0.25) is 9.59 Å². The van der Waals surface area contributed by atoms with Crippen molar-refractivity contribution in [3.8, 4) is 0 Å². The summed E-state index contributed by atoms with van der Waals surface area (Å²) in [5, 5.41) is 3.94. The third-order valence-corrected chi connectivity index (χ3v) is 4.77. The molecule has 112 valence electrons. The maximum absolute atomic E-state index is 12.3. The van der Waals surface area contributed by atoms with Gasteiger partial charge in [-0.1, -0.05) is 43.6 Å². The maximum atomic E-state index is 12.3. The fourth-order valence-electron chi connectivity index (χ4n) is 2.10. The van der Waals surface area contributed by atoms with E-state index in [1.165, 1.54) is 11.3 Å². The van der Waals surface area contributed by atoms with Crippen LogP contribution in [0, 0.1) is 5.92 Å². The average Bonchev–Trinajstić information content (AvgIpc) is 2.75. The summed E-state index contributed by atoms with van der Waals surface area (Å²) in [6.07, 6.45) is 0.504. The number of primary amides is 1. The van der Waals surface area contributed by atoms with Gasteiger partial charge in [0.15, 0.2) is 0 Å². The Morgan fingerprint density at radius 3 is 2.57 bits per heavy atom. The number of rotatable bonds is 5. The molecule has 6 heteroatoms. The van der Waals surface area contributed by atoms with E-state index in [9.17, 15) is 9.59 Å². The molecule has 1 aromatic heterocycles. The van der Waals surface area contributed by atoms with E-state index in [1.807, 2.05) is 38.1 Å². The van der Waals surface area contributed by atoms with E-state index in [2.05, 4.69) is 5.32 Å². The molecule has 1 aromatic carbocycles. The van der Waals surface area contributed by atoms with Crippen molar-refractivity contribution in [2.24, 2.45) is 11.7 Å². The summed E-state index contributed by atoms with van der Waals surface area (Å²) in [5.41, 5.74) is 5.34. The number of nitrogens with one attached hydrogen (secondary N) is 1. The Morgan fingerprint density at radius 1 is 1.33 bits per heavy atom. The second-order valence-corrected chi connectivity index (χ2v) is 6.73. The van der Waals surface area contributed by atoms with Gasteiger partial charge in [0.05, 0.1) is 5.02 Å². The fraction of sp³-hybridized carbons (Fsp3) is 0.333. The standard InChI is InChI=1S/C15H17ClN2O2S/c1-8(2)7-10(14(17)19)18-15(20)13-12(16)9-5-3-4-6-11(9)21-13/h3-6,8,10H,7H2,1-2H3,(H2,17,19)(H,18,20). The van der Waals surface area contributed by atoms with Crippen molar-refractivity contribution in [2.75, 3.05) is 0 Å². The third kappa shape index (κ3) is 3.54. The van der Waals surface area contributed by atoms with Crippen LogP contribution in [-0.2, 0) is 4.79 Å². The highest BCUT2D eigenvalue weighted by molar-refractivity contribution is 7.21. The van der Waals surface area contributed by atoms with Crippen LogP contribution in [0.4, 0.5) is 0 Å². The molecule has 0 aliphatic rings. The molecule has 0 radical (unpaired) electrons. The molecule has 0 aliphatic heterocycles. The molecule has 1 heterocycles. The number of halogens is 1. The number of carbonyl (C=O) groups excluding carboxylic acids is 2. The average molecular weight is 325 g/mol. The number of benzene rings is 1. The molecule has 1 unspecified atom stereocenters. The lowest BCUT2D eigenvalue weighted by atomic mass is 10.0. The molecule has 0 fully saturated rings. The Labute approximate surface area is 132 Å². The number of hydrogen-bond donors (Lipinski definition) is 2. The van der Waals surface area contributed by atoms with Gasteiger partial charge in [0.1, 0.15) is 10.9 Å². The van der Waals surface area contributed by atoms with E-state index < -0.39 is 11.9 Å². The van der Waals surface area contributed by atoms with E-state index in [0.29, 0.717) is 16.3 Å². The fourth-order valence-corrected chi connectivity index (χ4v) is 3.52. The monoisotopic (exact) mass is 324 g/mol. The zero-order chi connectivity index (χ0) is 15.6. The van der Waals surface area contributed by atoms with Crippen LogP contribution in [0.25, 0.3) is 10.1 Å². The largest absolute Gasteiger partial charge is 0.368 e. The first-order valence-electron chi connectivity index (χ1n) is 6.67. The Hall–Kier alpha value is -1.59. The first-order chi connectivity index (χ1) is 9.90. The summed E-state index contributed by atoms with van der Waals surface area (Å²) in [4.78, 5) is 24.2. The Bertz CT molecular complexity index is 681. The van der Waals surface area contributed by atoms with Crippen LogP contribution in [-0.4, -0.2) is 17.9 Å². The van der Waals surface area contributed by atoms with Gasteiger partial charge >= 0.3 is 0 Å². The molecule has 0 aliphatic carbocycles. The lowest BCUT2D eigenvalue weighted by Crippen LogP contribution is -2.45. The van der Waals surface area contributed by atoms with Crippen molar-refractivity contribution >= 4 is 44.8 Å². The molecule has 3 N–H and O–H groups in total. The lowest BCUT2D eigenvalue weighted by Gasteiger charge is -2.16. The molecule has 0 saturated carbocycles. The summed E-state index contributed by atoms with van der Waals surface area (Å²) in [6, 6.07) is 6.85. The first kappa shape index (κ1) is 15.8. The van der Waals surface area contributed by atoms with Gasteiger partial charge in [-0.25, -0.2) is 0 Å². The molecular weight excluding hydrogens is 308 g/mol. The lowest BCUT2D eigenvalue weighted by molar-refractivity contribution is -0.120. The molecule has 2 aromatic rings. The molecule has 1 atom stereocenters. The van der Waals surface area contributed by atoms with Crippen molar-refractivity contribution in [1.82, 2.24) is 5.32 Å². The highest BCUT2D eigenvalue weighted by Gasteiger charge is 2.23. The topological polar surface area (TPSA) is 72.2 Å². The Kier molecular flexibility index (Phi) is 4.85. The predicted molar refractivity (Wildman–Crippen MR) is 86.7 cm³/mol. The highest BCUT2D eigenvalue weighted by Crippen LogP contribution is 2.35. The van der Waals surface area contributed by atoms with Crippen molar-refractivity contribution in [3.63, 3.8) is 0 Å². The van der Waals surface area contributed by atoms with Crippen LogP contribution < -0.4 is 11.1 Å². The number of thiophene rings is 1. The van der Waals surface area contributed by atoms with Crippen LogP contribution in [0.1, 0.15) is 29.9 Å². The predicted octanol–water partition coefficient (Wildman–Crippen LogP) is 3.18. The van der Waals surface area contributed by atoms with Crippen LogP contribution in [0.3, 0.4) is 0 Å². The minimum atomic E-state index is -0.682. The van der Waals surface area contributed by atoms with E-state index in [1.54, 1.807) is 0 Å². The van der Waals surface area contributed by atoms with Crippen LogP contribution >= 0.6 is 22.9 Å². The number of fused-ring (bicyclic) bond motifs is 1. The molecule has 0 saturated heterocycles. The van der Waals surface area contributed by atoms with E-state index >= 15 is 0 Å². The molecule has 0 spiro atoms. The Morgan fingerprint density at radius 2 is 2.00 bits per heavy atom. The van der Waals surface area contributed by atoms with Gasteiger partial charge in [-0.2, -0.15) is 0 Å². The molecule has 2 amide bonds. The Balaban J connectivity index is 2.25. The smallest absolute Gasteiger partial charge is 0.263 e. The summed E-state index contributed by atoms with van der Waals surface area (Å²) >= 11 is 7.56. The normalized spacial score (nSPS) is 12.6. The number of amides is 2. The molecule has 4 nitrogen and oxygen atoms in total. The first-order valence-corrected chi connectivity index (χ1v) is 7.86. The third-order valence-electron chi connectivity index (χ3n) is 3.10. The van der Waals surface area contributed by atoms with E-state index in [-0.39, 0.29) is 11.8 Å². The van der Waals surface area contributed by atoms with Gasteiger partial charge < -0.3 is 11.1 Å². The van der Waals surface area contributed by atoms with E-state index in [0.717, 1.165) is 10.1 Å². The second kappa shape index (κ2) is 6.45.